The lowest BCUT2D eigenvalue weighted by molar-refractivity contribution is -0.122. The van der Waals surface area contributed by atoms with Crippen LogP contribution in [0.4, 0.5) is 5.69 Å². The Bertz CT molecular complexity index is 866. The van der Waals surface area contributed by atoms with Crippen molar-refractivity contribution in [2.45, 2.75) is 26.9 Å². The lowest BCUT2D eigenvalue weighted by Gasteiger charge is -2.16. The highest BCUT2D eigenvalue weighted by molar-refractivity contribution is 5.96. The average Bonchev–Trinajstić information content (AvgIpc) is 2.53. The predicted octanol–water partition coefficient (Wildman–Crippen LogP) is 4.86. The zero-order valence-corrected chi connectivity index (χ0v) is 14.2. The van der Waals surface area contributed by atoms with E-state index in [2.05, 4.69) is 11.4 Å². The average molecular weight is 319 g/mol. The number of ether oxygens (including phenoxy) is 1. The van der Waals surface area contributed by atoms with Crippen LogP contribution in [-0.4, -0.2) is 12.0 Å². The number of benzene rings is 3. The molecule has 0 saturated carbocycles. The minimum Gasteiger partial charge on any atom is -0.481 e. The third-order valence-corrected chi connectivity index (χ3v) is 3.89. The molecule has 3 aromatic carbocycles. The molecule has 3 heteroatoms. The normalized spacial score (nSPS) is 12.0. The molecule has 0 fully saturated rings. The summed E-state index contributed by atoms with van der Waals surface area (Å²) in [6.07, 6.45) is -0.572. The molecule has 1 N–H and O–H groups in total. The molecule has 24 heavy (non-hydrogen) atoms. The first-order valence-electron chi connectivity index (χ1n) is 8.06. The Hall–Kier alpha value is -2.81. The van der Waals surface area contributed by atoms with Crippen LogP contribution in [0.3, 0.4) is 0 Å². The van der Waals surface area contributed by atoms with E-state index >= 15 is 0 Å². The van der Waals surface area contributed by atoms with Gasteiger partial charge in [0.15, 0.2) is 6.10 Å². The third-order valence-electron chi connectivity index (χ3n) is 3.89. The van der Waals surface area contributed by atoms with Crippen molar-refractivity contribution in [2.24, 2.45) is 0 Å². The van der Waals surface area contributed by atoms with E-state index in [9.17, 15) is 4.79 Å². The van der Waals surface area contributed by atoms with Gasteiger partial charge in [0.2, 0.25) is 0 Å². The number of hydrogen-bond acceptors (Lipinski definition) is 2. The quantitative estimate of drug-likeness (QED) is 0.745. The van der Waals surface area contributed by atoms with E-state index in [1.165, 1.54) is 0 Å². The Morgan fingerprint density at radius 2 is 1.58 bits per heavy atom. The van der Waals surface area contributed by atoms with Crippen LogP contribution in [0.2, 0.25) is 0 Å². The van der Waals surface area contributed by atoms with Crippen molar-refractivity contribution >= 4 is 22.4 Å². The molecule has 0 spiro atoms. The standard InChI is InChI=1S/C21H21NO2/c1-14-10-15(2)12-20(11-14)24-16(3)21(23)22-19-9-8-17-6-4-5-7-18(17)13-19/h4-13,16H,1-3H3,(H,22,23)/t16-/m1/s1. The van der Waals surface area contributed by atoms with E-state index in [1.54, 1.807) is 6.92 Å². The summed E-state index contributed by atoms with van der Waals surface area (Å²) in [7, 11) is 0. The molecule has 1 atom stereocenters. The van der Waals surface area contributed by atoms with Gasteiger partial charge in [0, 0.05) is 5.69 Å². The monoisotopic (exact) mass is 319 g/mol. The second-order valence-electron chi connectivity index (χ2n) is 6.13. The summed E-state index contributed by atoms with van der Waals surface area (Å²) in [6, 6.07) is 19.9. The van der Waals surface area contributed by atoms with Crippen molar-refractivity contribution in [1.29, 1.82) is 0 Å². The van der Waals surface area contributed by atoms with E-state index in [1.807, 2.05) is 68.4 Å². The Balaban J connectivity index is 1.70. The molecule has 0 aromatic heterocycles. The van der Waals surface area contributed by atoms with Crippen LogP contribution in [0.25, 0.3) is 10.8 Å². The van der Waals surface area contributed by atoms with Crippen LogP contribution in [0.5, 0.6) is 5.75 Å². The number of nitrogens with one attached hydrogen (secondary N) is 1. The van der Waals surface area contributed by atoms with Crippen molar-refractivity contribution in [3.8, 4) is 5.75 Å². The van der Waals surface area contributed by atoms with Gasteiger partial charge in [-0.2, -0.15) is 0 Å². The molecule has 0 bridgehead atoms. The third kappa shape index (κ3) is 3.74. The van der Waals surface area contributed by atoms with Crippen molar-refractivity contribution in [3.05, 3.63) is 71.8 Å². The number of aryl methyl sites for hydroxylation is 2. The predicted molar refractivity (Wildman–Crippen MR) is 98.6 cm³/mol. The highest BCUT2D eigenvalue weighted by Gasteiger charge is 2.15. The lowest BCUT2D eigenvalue weighted by atomic mass is 10.1. The Morgan fingerprint density at radius 1 is 0.917 bits per heavy atom. The summed E-state index contributed by atoms with van der Waals surface area (Å²) < 4.78 is 5.79. The second-order valence-corrected chi connectivity index (χ2v) is 6.13. The van der Waals surface area contributed by atoms with Crippen molar-refractivity contribution < 1.29 is 9.53 Å². The van der Waals surface area contributed by atoms with Gasteiger partial charge in [0.05, 0.1) is 0 Å². The van der Waals surface area contributed by atoms with Crippen molar-refractivity contribution in [1.82, 2.24) is 0 Å². The molecule has 0 heterocycles. The smallest absolute Gasteiger partial charge is 0.265 e. The van der Waals surface area contributed by atoms with E-state index in [-0.39, 0.29) is 5.91 Å². The maximum Gasteiger partial charge on any atom is 0.265 e. The zero-order chi connectivity index (χ0) is 17.1. The van der Waals surface area contributed by atoms with Crippen LogP contribution in [0.15, 0.2) is 60.7 Å². The van der Waals surface area contributed by atoms with Crippen molar-refractivity contribution in [2.75, 3.05) is 5.32 Å². The molecule has 3 aromatic rings. The number of hydrogen-bond donors (Lipinski definition) is 1. The van der Waals surface area contributed by atoms with E-state index < -0.39 is 6.10 Å². The van der Waals surface area contributed by atoms with Gasteiger partial charge in [-0.05, 0) is 66.9 Å². The van der Waals surface area contributed by atoms with Crippen LogP contribution in [-0.2, 0) is 4.79 Å². The van der Waals surface area contributed by atoms with Gasteiger partial charge < -0.3 is 10.1 Å². The summed E-state index contributed by atoms with van der Waals surface area (Å²) in [5.41, 5.74) is 3.01. The van der Waals surface area contributed by atoms with Crippen LogP contribution in [0, 0.1) is 13.8 Å². The molecule has 0 aliphatic carbocycles. The number of carbonyl (C=O) groups is 1. The second kappa shape index (κ2) is 6.75. The Labute approximate surface area is 142 Å². The number of rotatable bonds is 4. The number of amides is 1. The maximum atomic E-state index is 12.4. The van der Waals surface area contributed by atoms with Gasteiger partial charge in [-0.1, -0.05) is 36.4 Å². The molecular formula is C21H21NO2. The fourth-order valence-corrected chi connectivity index (χ4v) is 2.77. The molecule has 3 nitrogen and oxygen atoms in total. The Morgan fingerprint density at radius 3 is 2.29 bits per heavy atom. The van der Waals surface area contributed by atoms with Gasteiger partial charge in [0.1, 0.15) is 5.75 Å². The largest absolute Gasteiger partial charge is 0.481 e. The molecule has 0 radical (unpaired) electrons. The van der Waals surface area contributed by atoms with Gasteiger partial charge >= 0.3 is 0 Å². The zero-order valence-electron chi connectivity index (χ0n) is 14.2. The summed E-state index contributed by atoms with van der Waals surface area (Å²) in [5.74, 6) is 0.554. The fraction of sp³-hybridized carbons (Fsp3) is 0.190. The summed E-state index contributed by atoms with van der Waals surface area (Å²) in [4.78, 5) is 12.4. The summed E-state index contributed by atoms with van der Waals surface area (Å²) in [6.45, 7) is 5.79. The van der Waals surface area contributed by atoms with Gasteiger partial charge in [-0.25, -0.2) is 0 Å². The van der Waals surface area contributed by atoms with E-state index in [4.69, 9.17) is 4.74 Å². The van der Waals surface area contributed by atoms with Gasteiger partial charge in [0.25, 0.3) is 5.91 Å². The highest BCUT2D eigenvalue weighted by Crippen LogP contribution is 2.20. The van der Waals surface area contributed by atoms with Crippen LogP contribution in [0.1, 0.15) is 18.1 Å². The first-order valence-corrected chi connectivity index (χ1v) is 8.06. The van der Waals surface area contributed by atoms with Crippen molar-refractivity contribution in [3.63, 3.8) is 0 Å². The first kappa shape index (κ1) is 16.1. The van der Waals surface area contributed by atoms with Gasteiger partial charge in [-0.15, -0.1) is 0 Å². The molecular weight excluding hydrogens is 298 g/mol. The minimum absolute atomic E-state index is 0.163. The number of carbonyl (C=O) groups excluding carboxylic acids is 1. The van der Waals surface area contributed by atoms with E-state index in [0.717, 1.165) is 27.6 Å². The first-order chi connectivity index (χ1) is 11.5. The lowest BCUT2D eigenvalue weighted by Crippen LogP contribution is -2.30. The molecule has 0 aliphatic heterocycles. The number of fused-ring (bicyclic) bond motifs is 1. The molecule has 122 valence electrons. The van der Waals surface area contributed by atoms with Gasteiger partial charge in [-0.3, -0.25) is 4.79 Å². The van der Waals surface area contributed by atoms with E-state index in [0.29, 0.717) is 5.75 Å². The molecule has 3 rings (SSSR count). The summed E-state index contributed by atoms with van der Waals surface area (Å²) in [5, 5.41) is 5.16. The molecule has 1 amide bonds. The maximum absolute atomic E-state index is 12.4. The van der Waals surface area contributed by atoms with Crippen LogP contribution < -0.4 is 10.1 Å². The molecule has 0 aliphatic rings. The minimum atomic E-state index is -0.572. The summed E-state index contributed by atoms with van der Waals surface area (Å²) >= 11 is 0. The van der Waals surface area contributed by atoms with Crippen LogP contribution >= 0.6 is 0 Å². The molecule has 0 saturated heterocycles. The highest BCUT2D eigenvalue weighted by atomic mass is 16.5. The SMILES string of the molecule is Cc1cc(C)cc(O[C@H](C)C(=O)Nc2ccc3ccccc3c2)c1. The Kier molecular flexibility index (Phi) is 4.52. The number of anilines is 1. The molecule has 0 unspecified atom stereocenters. The fourth-order valence-electron chi connectivity index (χ4n) is 2.77. The topological polar surface area (TPSA) is 38.3 Å².